The van der Waals surface area contributed by atoms with Gasteiger partial charge in [0, 0.05) is 6.42 Å². The Hall–Kier alpha value is -1.93. The monoisotopic (exact) mass is 341 g/mol. The van der Waals surface area contributed by atoms with E-state index in [4.69, 9.17) is 11.5 Å². The van der Waals surface area contributed by atoms with Crippen molar-refractivity contribution < 1.29 is 18.0 Å². The fourth-order valence-electron chi connectivity index (χ4n) is 2.08. The zero-order valence-electron chi connectivity index (χ0n) is 13.3. The first kappa shape index (κ1) is 19.1. The number of benzene rings is 1. The first-order chi connectivity index (χ1) is 10.6. The number of rotatable bonds is 9. The molecular weight excluding hydrogens is 318 g/mol. The number of amides is 2. The highest BCUT2D eigenvalue weighted by Gasteiger charge is 2.24. The number of hydrogen-bond donors (Lipinski definition) is 3. The lowest BCUT2D eigenvalue weighted by atomic mass is 10.0. The van der Waals surface area contributed by atoms with Crippen LogP contribution >= 0.6 is 0 Å². The summed E-state index contributed by atoms with van der Waals surface area (Å²) in [5.74, 6) is -1.02. The van der Waals surface area contributed by atoms with Gasteiger partial charge in [0.25, 0.3) is 0 Å². The van der Waals surface area contributed by atoms with Gasteiger partial charge in [-0.25, -0.2) is 8.42 Å². The summed E-state index contributed by atoms with van der Waals surface area (Å²) in [5.41, 5.74) is 11.2. The third-order valence-corrected chi connectivity index (χ3v) is 4.69. The molecule has 1 aromatic rings. The van der Waals surface area contributed by atoms with Crippen molar-refractivity contribution in [3.8, 4) is 0 Å². The van der Waals surface area contributed by atoms with Crippen molar-refractivity contribution in [3.63, 3.8) is 0 Å². The number of carbonyl (C=O) groups is 2. The first-order valence-electron chi connectivity index (χ1n) is 7.30. The summed E-state index contributed by atoms with van der Waals surface area (Å²) in [7, 11) is -3.90. The normalized spacial score (nSPS) is 13.0. The zero-order valence-corrected chi connectivity index (χ0v) is 14.1. The van der Waals surface area contributed by atoms with E-state index in [2.05, 4.69) is 18.6 Å². The summed E-state index contributed by atoms with van der Waals surface area (Å²) in [4.78, 5) is 22.2. The van der Waals surface area contributed by atoms with E-state index in [1.807, 2.05) is 0 Å². The molecule has 1 atom stereocenters. The molecule has 1 aromatic carbocycles. The molecule has 5 N–H and O–H groups in total. The predicted octanol–water partition coefficient (Wildman–Crippen LogP) is 0.283. The van der Waals surface area contributed by atoms with E-state index in [1.165, 1.54) is 12.1 Å². The van der Waals surface area contributed by atoms with Gasteiger partial charge in [-0.2, -0.15) is 4.72 Å². The lowest BCUT2D eigenvalue weighted by molar-refractivity contribution is -0.120. The Bertz CT molecular complexity index is 654. The van der Waals surface area contributed by atoms with Gasteiger partial charge in [-0.05, 0) is 36.5 Å². The third-order valence-electron chi connectivity index (χ3n) is 3.20. The van der Waals surface area contributed by atoms with Crippen LogP contribution in [0.5, 0.6) is 0 Å². The standard InChI is InChI=1S/C15H23N3O4S/c1-10(2)9-11-3-5-12(6-4-11)23(21,22)18-13(15(17)20)7-8-14(16)19/h3-6,10,13,18H,7-9H2,1-2H3,(H2,16,19)(H2,17,20)/t13-/m0/s1. The molecule has 0 saturated carbocycles. The second kappa shape index (κ2) is 8.07. The van der Waals surface area contributed by atoms with Gasteiger partial charge >= 0.3 is 0 Å². The van der Waals surface area contributed by atoms with Crippen LogP contribution < -0.4 is 16.2 Å². The van der Waals surface area contributed by atoms with Crippen LogP contribution in [0.1, 0.15) is 32.3 Å². The molecule has 0 aromatic heterocycles. The average molecular weight is 341 g/mol. The quantitative estimate of drug-likeness (QED) is 0.595. The van der Waals surface area contributed by atoms with E-state index in [-0.39, 0.29) is 17.7 Å². The van der Waals surface area contributed by atoms with E-state index in [0.717, 1.165) is 12.0 Å². The van der Waals surface area contributed by atoms with Crippen LogP contribution in [0.15, 0.2) is 29.2 Å². The SMILES string of the molecule is CC(C)Cc1ccc(S(=O)(=O)N[C@@H](CCC(N)=O)C(N)=O)cc1. The van der Waals surface area contributed by atoms with Crippen LogP contribution in [0.3, 0.4) is 0 Å². The summed E-state index contributed by atoms with van der Waals surface area (Å²) < 4.78 is 26.8. The molecule has 0 radical (unpaired) electrons. The van der Waals surface area contributed by atoms with Crippen molar-refractivity contribution in [1.29, 1.82) is 0 Å². The van der Waals surface area contributed by atoms with Gasteiger partial charge in [0.15, 0.2) is 0 Å². The lowest BCUT2D eigenvalue weighted by Gasteiger charge is -2.15. The smallest absolute Gasteiger partial charge is 0.241 e. The van der Waals surface area contributed by atoms with E-state index < -0.39 is 27.9 Å². The first-order valence-corrected chi connectivity index (χ1v) is 8.79. The summed E-state index contributed by atoms with van der Waals surface area (Å²) in [6, 6.07) is 5.25. The Kier molecular flexibility index (Phi) is 6.71. The molecule has 7 nitrogen and oxygen atoms in total. The number of sulfonamides is 1. The minimum Gasteiger partial charge on any atom is -0.370 e. The zero-order chi connectivity index (χ0) is 17.6. The van der Waals surface area contributed by atoms with Crippen molar-refractivity contribution in [3.05, 3.63) is 29.8 Å². The van der Waals surface area contributed by atoms with Crippen LogP contribution in [0, 0.1) is 5.92 Å². The van der Waals surface area contributed by atoms with E-state index in [1.54, 1.807) is 12.1 Å². The maximum atomic E-state index is 12.3. The highest BCUT2D eigenvalue weighted by atomic mass is 32.2. The molecule has 0 heterocycles. The van der Waals surface area contributed by atoms with Crippen molar-refractivity contribution in [2.24, 2.45) is 17.4 Å². The maximum absolute atomic E-state index is 12.3. The molecule has 0 aliphatic rings. The highest BCUT2D eigenvalue weighted by molar-refractivity contribution is 7.89. The fraction of sp³-hybridized carbons (Fsp3) is 0.467. The summed E-state index contributed by atoms with van der Waals surface area (Å²) in [6.45, 7) is 4.14. The third kappa shape index (κ3) is 6.37. The number of primary amides is 2. The van der Waals surface area contributed by atoms with Crippen LogP contribution in [0.4, 0.5) is 0 Å². The van der Waals surface area contributed by atoms with Crippen molar-refractivity contribution >= 4 is 21.8 Å². The van der Waals surface area contributed by atoms with Gasteiger partial charge in [-0.3, -0.25) is 9.59 Å². The van der Waals surface area contributed by atoms with Crippen LogP contribution in [-0.4, -0.2) is 26.3 Å². The summed E-state index contributed by atoms with van der Waals surface area (Å²) >= 11 is 0. The molecule has 0 spiro atoms. The molecule has 23 heavy (non-hydrogen) atoms. The average Bonchev–Trinajstić information content (AvgIpc) is 2.42. The largest absolute Gasteiger partial charge is 0.370 e. The maximum Gasteiger partial charge on any atom is 0.241 e. The Morgan fingerprint density at radius 1 is 1.13 bits per heavy atom. The van der Waals surface area contributed by atoms with Crippen LogP contribution in [0.2, 0.25) is 0 Å². The predicted molar refractivity (Wildman–Crippen MR) is 86.7 cm³/mol. The fourth-order valence-corrected chi connectivity index (χ4v) is 3.32. The molecule has 8 heteroatoms. The van der Waals surface area contributed by atoms with Crippen molar-refractivity contribution in [1.82, 2.24) is 4.72 Å². The highest BCUT2D eigenvalue weighted by Crippen LogP contribution is 2.14. The Morgan fingerprint density at radius 2 is 1.70 bits per heavy atom. The second-order valence-corrected chi connectivity index (χ2v) is 7.54. The summed E-state index contributed by atoms with van der Waals surface area (Å²) in [5, 5.41) is 0. The van der Waals surface area contributed by atoms with Crippen molar-refractivity contribution in [2.75, 3.05) is 0 Å². The van der Waals surface area contributed by atoms with Gasteiger partial charge < -0.3 is 11.5 Å². The molecule has 0 aliphatic heterocycles. The number of carbonyl (C=O) groups excluding carboxylic acids is 2. The molecule has 128 valence electrons. The van der Waals surface area contributed by atoms with Gasteiger partial charge in [-0.15, -0.1) is 0 Å². The van der Waals surface area contributed by atoms with Gasteiger partial charge in [0.2, 0.25) is 21.8 Å². The molecule has 0 unspecified atom stereocenters. The topological polar surface area (TPSA) is 132 Å². The van der Waals surface area contributed by atoms with E-state index in [9.17, 15) is 18.0 Å². The van der Waals surface area contributed by atoms with Gasteiger partial charge in [0.1, 0.15) is 6.04 Å². The number of nitrogens with two attached hydrogens (primary N) is 2. The van der Waals surface area contributed by atoms with E-state index in [0.29, 0.717) is 5.92 Å². The molecule has 0 fully saturated rings. The summed E-state index contributed by atoms with van der Waals surface area (Å²) in [6.07, 6.45) is 0.634. The van der Waals surface area contributed by atoms with Gasteiger partial charge in [0.05, 0.1) is 4.90 Å². The van der Waals surface area contributed by atoms with E-state index >= 15 is 0 Å². The lowest BCUT2D eigenvalue weighted by Crippen LogP contribution is -2.44. The van der Waals surface area contributed by atoms with Crippen molar-refractivity contribution in [2.45, 2.75) is 44.0 Å². The number of hydrogen-bond acceptors (Lipinski definition) is 4. The minimum absolute atomic E-state index is 0.0373. The van der Waals surface area contributed by atoms with Crippen LogP contribution in [0.25, 0.3) is 0 Å². The molecular formula is C15H23N3O4S. The Labute approximate surface area is 136 Å². The second-order valence-electron chi connectivity index (χ2n) is 5.82. The van der Waals surface area contributed by atoms with Gasteiger partial charge in [-0.1, -0.05) is 26.0 Å². The molecule has 0 bridgehead atoms. The molecule has 2 amide bonds. The number of nitrogens with one attached hydrogen (secondary N) is 1. The Balaban J connectivity index is 2.87. The minimum atomic E-state index is -3.90. The molecule has 0 saturated heterocycles. The molecule has 0 aliphatic carbocycles. The Morgan fingerprint density at radius 3 is 2.13 bits per heavy atom. The molecule has 1 rings (SSSR count). The van der Waals surface area contributed by atoms with Crippen LogP contribution in [-0.2, 0) is 26.0 Å².